The van der Waals surface area contributed by atoms with E-state index in [-0.39, 0.29) is 29.8 Å². The largest absolute Gasteiger partial charge is 0.354 e. The van der Waals surface area contributed by atoms with Crippen LogP contribution in [0, 0.1) is 5.41 Å². The van der Waals surface area contributed by atoms with E-state index in [4.69, 9.17) is 0 Å². The second-order valence-corrected chi connectivity index (χ2v) is 5.90. The van der Waals surface area contributed by atoms with Gasteiger partial charge in [-0.2, -0.15) is 5.10 Å². The Balaban J connectivity index is 0.00000200. The van der Waals surface area contributed by atoms with E-state index in [1.54, 1.807) is 17.9 Å². The fourth-order valence-electron chi connectivity index (χ4n) is 2.85. The smallest absolute Gasteiger partial charge is 0.241 e. The fourth-order valence-corrected chi connectivity index (χ4v) is 2.85. The number of amides is 1. The summed E-state index contributed by atoms with van der Waals surface area (Å²) in [6.07, 6.45) is 8.60. The first kappa shape index (κ1) is 17.0. The van der Waals surface area contributed by atoms with Crippen LogP contribution in [0.3, 0.4) is 0 Å². The van der Waals surface area contributed by atoms with Crippen LogP contribution in [0.1, 0.15) is 44.2 Å². The molecule has 0 aromatic carbocycles. The van der Waals surface area contributed by atoms with E-state index in [1.807, 2.05) is 13.2 Å². The molecule has 1 aliphatic carbocycles. The minimum atomic E-state index is -0.321. The molecule has 1 unspecified atom stereocenters. The summed E-state index contributed by atoms with van der Waals surface area (Å²) >= 11 is 0. The first-order valence-corrected chi connectivity index (χ1v) is 6.98. The predicted molar refractivity (Wildman–Crippen MR) is 81.8 cm³/mol. The van der Waals surface area contributed by atoms with Gasteiger partial charge in [-0.3, -0.25) is 9.48 Å². The number of halogens is 1. The summed E-state index contributed by atoms with van der Waals surface area (Å²) in [6, 6.07) is -0.321. The Labute approximate surface area is 126 Å². The number of hydrogen-bond acceptors (Lipinski definition) is 3. The minimum Gasteiger partial charge on any atom is -0.354 e. The Hall–Kier alpha value is -1.07. The summed E-state index contributed by atoms with van der Waals surface area (Å²) in [5, 5.41) is 10.3. The average Bonchev–Trinajstić information content (AvgIpc) is 2.98. The third kappa shape index (κ3) is 3.96. The number of hydrogen-bond donors (Lipinski definition) is 2. The van der Waals surface area contributed by atoms with Crippen LogP contribution in [0.5, 0.6) is 0 Å². The number of nitrogens with one attached hydrogen (secondary N) is 2. The third-order valence-electron chi connectivity index (χ3n) is 4.11. The summed E-state index contributed by atoms with van der Waals surface area (Å²) < 4.78 is 1.71. The van der Waals surface area contributed by atoms with Crippen molar-refractivity contribution in [3.63, 3.8) is 0 Å². The van der Waals surface area contributed by atoms with Gasteiger partial charge in [0, 0.05) is 25.4 Å². The van der Waals surface area contributed by atoms with Crippen LogP contribution in [0.4, 0.5) is 0 Å². The van der Waals surface area contributed by atoms with Crippen molar-refractivity contribution in [1.82, 2.24) is 20.4 Å². The highest BCUT2D eigenvalue weighted by atomic mass is 35.5. The molecule has 1 heterocycles. The van der Waals surface area contributed by atoms with E-state index in [0.717, 1.165) is 12.1 Å². The molecule has 1 fully saturated rings. The molecule has 1 aromatic rings. The fraction of sp³-hybridized carbons (Fsp3) is 0.714. The van der Waals surface area contributed by atoms with E-state index < -0.39 is 0 Å². The van der Waals surface area contributed by atoms with Gasteiger partial charge in [0.1, 0.15) is 6.04 Å². The first-order chi connectivity index (χ1) is 9.04. The van der Waals surface area contributed by atoms with Gasteiger partial charge in [-0.1, -0.05) is 19.8 Å². The van der Waals surface area contributed by atoms with Crippen LogP contribution in [0.15, 0.2) is 12.4 Å². The van der Waals surface area contributed by atoms with Crippen molar-refractivity contribution in [2.45, 2.75) is 38.6 Å². The number of carbonyl (C=O) groups excluding carboxylic acids is 1. The van der Waals surface area contributed by atoms with Crippen LogP contribution >= 0.6 is 12.4 Å². The van der Waals surface area contributed by atoms with E-state index in [9.17, 15) is 4.79 Å². The van der Waals surface area contributed by atoms with Gasteiger partial charge in [-0.15, -0.1) is 12.4 Å². The van der Waals surface area contributed by atoms with Crippen molar-refractivity contribution in [3.05, 3.63) is 18.0 Å². The highest BCUT2D eigenvalue weighted by Gasteiger charge is 2.30. The topological polar surface area (TPSA) is 59.0 Å². The van der Waals surface area contributed by atoms with E-state index in [2.05, 4.69) is 22.7 Å². The van der Waals surface area contributed by atoms with Gasteiger partial charge in [0.15, 0.2) is 0 Å². The normalized spacial score (nSPS) is 18.4. The summed E-state index contributed by atoms with van der Waals surface area (Å²) in [4.78, 5) is 12.3. The molecule has 1 aliphatic rings. The zero-order valence-corrected chi connectivity index (χ0v) is 13.3. The molecule has 2 rings (SSSR count). The minimum absolute atomic E-state index is 0. The lowest BCUT2D eigenvalue weighted by molar-refractivity contribution is -0.123. The van der Waals surface area contributed by atoms with Crippen molar-refractivity contribution in [2.24, 2.45) is 12.5 Å². The molecule has 6 heteroatoms. The van der Waals surface area contributed by atoms with Crippen molar-refractivity contribution >= 4 is 18.3 Å². The van der Waals surface area contributed by atoms with Crippen LogP contribution in [0.2, 0.25) is 0 Å². The summed E-state index contributed by atoms with van der Waals surface area (Å²) in [6.45, 7) is 3.03. The monoisotopic (exact) mass is 300 g/mol. The third-order valence-corrected chi connectivity index (χ3v) is 4.11. The summed E-state index contributed by atoms with van der Waals surface area (Å²) in [5.74, 6) is 0.0311. The molecule has 1 amide bonds. The first-order valence-electron chi connectivity index (χ1n) is 6.98. The summed E-state index contributed by atoms with van der Waals surface area (Å²) in [7, 11) is 3.65. The number of nitrogens with zero attached hydrogens (tertiary/aromatic N) is 2. The molecule has 0 aliphatic heterocycles. The summed E-state index contributed by atoms with van der Waals surface area (Å²) in [5.41, 5.74) is 1.18. The molecule has 1 atom stereocenters. The van der Waals surface area contributed by atoms with Crippen molar-refractivity contribution in [2.75, 3.05) is 13.6 Å². The second-order valence-electron chi connectivity index (χ2n) is 5.90. The maximum atomic E-state index is 12.3. The van der Waals surface area contributed by atoms with Crippen LogP contribution < -0.4 is 10.6 Å². The van der Waals surface area contributed by atoms with Crippen molar-refractivity contribution in [3.8, 4) is 0 Å². The Kier molecular flexibility index (Phi) is 6.02. The molecular weight excluding hydrogens is 276 g/mol. The molecular formula is C14H25ClN4O. The molecule has 0 spiro atoms. The zero-order valence-electron chi connectivity index (χ0n) is 12.5. The molecule has 2 N–H and O–H groups in total. The van der Waals surface area contributed by atoms with Gasteiger partial charge in [0.25, 0.3) is 0 Å². The van der Waals surface area contributed by atoms with E-state index in [1.165, 1.54) is 25.7 Å². The van der Waals surface area contributed by atoms with Gasteiger partial charge in [0.05, 0.1) is 6.20 Å². The lowest BCUT2D eigenvalue weighted by Crippen LogP contribution is -2.40. The average molecular weight is 301 g/mol. The highest BCUT2D eigenvalue weighted by Crippen LogP contribution is 2.36. The molecule has 0 radical (unpaired) electrons. The van der Waals surface area contributed by atoms with Gasteiger partial charge in [0.2, 0.25) is 5.91 Å². The Morgan fingerprint density at radius 2 is 2.15 bits per heavy atom. The Morgan fingerprint density at radius 3 is 2.65 bits per heavy atom. The lowest BCUT2D eigenvalue weighted by Gasteiger charge is -2.25. The zero-order chi connectivity index (χ0) is 13.9. The number of aromatic nitrogens is 2. The Morgan fingerprint density at radius 1 is 1.50 bits per heavy atom. The predicted octanol–water partition coefficient (Wildman–Crippen LogP) is 1.80. The molecule has 114 valence electrons. The molecule has 1 aromatic heterocycles. The van der Waals surface area contributed by atoms with Crippen molar-refractivity contribution in [1.29, 1.82) is 0 Å². The molecule has 1 saturated carbocycles. The van der Waals surface area contributed by atoms with Crippen LogP contribution in [0.25, 0.3) is 0 Å². The van der Waals surface area contributed by atoms with Crippen LogP contribution in [-0.4, -0.2) is 29.3 Å². The van der Waals surface area contributed by atoms with E-state index in [0.29, 0.717) is 0 Å². The van der Waals surface area contributed by atoms with Gasteiger partial charge < -0.3 is 10.6 Å². The SMILES string of the molecule is CNC(C(=O)NCC1(C)CCCC1)c1cnn(C)c1.Cl. The number of rotatable bonds is 5. The maximum Gasteiger partial charge on any atom is 0.241 e. The lowest BCUT2D eigenvalue weighted by atomic mass is 9.89. The van der Waals surface area contributed by atoms with E-state index >= 15 is 0 Å². The van der Waals surface area contributed by atoms with Gasteiger partial charge in [-0.25, -0.2) is 0 Å². The quantitative estimate of drug-likeness (QED) is 0.872. The highest BCUT2D eigenvalue weighted by molar-refractivity contribution is 5.85. The van der Waals surface area contributed by atoms with Gasteiger partial charge in [-0.05, 0) is 25.3 Å². The number of aryl methyl sites for hydroxylation is 1. The molecule has 5 nitrogen and oxygen atoms in total. The standard InChI is InChI=1S/C14H24N4O.ClH/c1-14(6-4-5-7-14)10-16-13(19)12(15-2)11-8-17-18(3)9-11;/h8-9,12,15H,4-7,10H2,1-3H3,(H,16,19);1H. The Bertz CT molecular complexity index is 440. The van der Waals surface area contributed by atoms with Gasteiger partial charge >= 0.3 is 0 Å². The van der Waals surface area contributed by atoms with Crippen molar-refractivity contribution < 1.29 is 4.79 Å². The maximum absolute atomic E-state index is 12.3. The second kappa shape index (κ2) is 7.09. The molecule has 20 heavy (non-hydrogen) atoms. The van der Waals surface area contributed by atoms with Crippen LogP contribution in [-0.2, 0) is 11.8 Å². The number of likely N-dealkylation sites (N-methyl/N-ethyl adjacent to an activating group) is 1. The number of carbonyl (C=O) groups is 1. The molecule has 0 saturated heterocycles. The molecule has 0 bridgehead atoms.